The van der Waals surface area contributed by atoms with E-state index in [2.05, 4.69) is 10.6 Å². The molecule has 42 heavy (non-hydrogen) atoms. The summed E-state index contributed by atoms with van der Waals surface area (Å²) in [6.07, 6.45) is -0.773. The number of alkyl carbamates (subject to hydrolysis) is 1. The number of aliphatic carboxylic acids is 1. The predicted molar refractivity (Wildman–Crippen MR) is 148 cm³/mol. The van der Waals surface area contributed by atoms with Crippen molar-refractivity contribution < 1.29 is 52.8 Å². The SMILES string of the molecule is CCOC(=O)COc1ccc(C[C@H](NC(=O)CNC(=O)OCc2cccc(OCC(=O)O)c2)C(=O)OCC(C)C)cc1. The third-order valence-corrected chi connectivity index (χ3v) is 5.23. The van der Waals surface area contributed by atoms with Crippen LogP contribution < -0.4 is 20.1 Å². The minimum absolute atomic E-state index is 0.0852. The lowest BCUT2D eigenvalue weighted by atomic mass is 10.1. The van der Waals surface area contributed by atoms with E-state index in [1.54, 1.807) is 49.4 Å². The zero-order valence-corrected chi connectivity index (χ0v) is 23.8. The lowest BCUT2D eigenvalue weighted by Crippen LogP contribution is -2.47. The molecule has 0 aliphatic carbocycles. The van der Waals surface area contributed by atoms with Gasteiger partial charge in [0.15, 0.2) is 13.2 Å². The van der Waals surface area contributed by atoms with Gasteiger partial charge in [-0.15, -0.1) is 0 Å². The first-order chi connectivity index (χ1) is 20.0. The average molecular weight is 589 g/mol. The zero-order valence-electron chi connectivity index (χ0n) is 23.8. The van der Waals surface area contributed by atoms with Crippen molar-refractivity contribution in [2.75, 3.05) is 33.0 Å². The largest absolute Gasteiger partial charge is 0.482 e. The number of carboxylic acid groups (broad SMARTS) is 1. The number of esters is 2. The maximum Gasteiger partial charge on any atom is 0.407 e. The Bertz CT molecular complexity index is 1200. The first-order valence-electron chi connectivity index (χ1n) is 13.2. The molecule has 0 aliphatic heterocycles. The van der Waals surface area contributed by atoms with Crippen LogP contribution in [0.5, 0.6) is 11.5 Å². The summed E-state index contributed by atoms with van der Waals surface area (Å²) < 4.78 is 25.7. The van der Waals surface area contributed by atoms with E-state index in [-0.39, 0.29) is 38.8 Å². The Morgan fingerprint density at radius 1 is 0.857 bits per heavy atom. The van der Waals surface area contributed by atoms with Crippen molar-refractivity contribution in [2.24, 2.45) is 5.92 Å². The van der Waals surface area contributed by atoms with Gasteiger partial charge in [-0.1, -0.05) is 38.1 Å². The van der Waals surface area contributed by atoms with Crippen LogP contribution >= 0.6 is 0 Å². The van der Waals surface area contributed by atoms with Crippen LogP contribution in [0.1, 0.15) is 31.9 Å². The highest BCUT2D eigenvalue weighted by Crippen LogP contribution is 2.15. The molecule has 0 unspecified atom stereocenters. The molecule has 3 N–H and O–H groups in total. The normalized spacial score (nSPS) is 11.1. The smallest absolute Gasteiger partial charge is 0.407 e. The molecule has 0 heterocycles. The number of carboxylic acids is 1. The number of carbonyl (C=O) groups is 5. The van der Waals surface area contributed by atoms with E-state index >= 15 is 0 Å². The molecule has 0 aromatic heterocycles. The second-order valence-electron chi connectivity index (χ2n) is 9.35. The van der Waals surface area contributed by atoms with Crippen molar-refractivity contribution in [2.45, 2.75) is 39.8 Å². The van der Waals surface area contributed by atoms with Gasteiger partial charge >= 0.3 is 24.0 Å². The van der Waals surface area contributed by atoms with Crippen molar-refractivity contribution in [3.63, 3.8) is 0 Å². The van der Waals surface area contributed by atoms with Gasteiger partial charge < -0.3 is 39.4 Å². The Morgan fingerprint density at radius 2 is 1.57 bits per heavy atom. The molecule has 0 fully saturated rings. The van der Waals surface area contributed by atoms with Gasteiger partial charge in [-0.2, -0.15) is 0 Å². The van der Waals surface area contributed by atoms with Crippen LogP contribution in [0, 0.1) is 5.92 Å². The van der Waals surface area contributed by atoms with Gasteiger partial charge in [-0.05, 0) is 48.2 Å². The number of benzene rings is 2. The molecule has 0 spiro atoms. The molecular weight excluding hydrogens is 552 g/mol. The van der Waals surface area contributed by atoms with Gasteiger partial charge in [0, 0.05) is 6.42 Å². The molecule has 228 valence electrons. The lowest BCUT2D eigenvalue weighted by molar-refractivity contribution is -0.148. The van der Waals surface area contributed by atoms with E-state index in [1.807, 2.05) is 13.8 Å². The second kappa shape index (κ2) is 17.8. The number of hydrogen-bond donors (Lipinski definition) is 3. The number of rotatable bonds is 17. The van der Waals surface area contributed by atoms with Crippen LogP contribution in [-0.2, 0) is 46.4 Å². The van der Waals surface area contributed by atoms with Crippen LogP contribution in [-0.4, -0.2) is 74.0 Å². The van der Waals surface area contributed by atoms with Crippen molar-refractivity contribution >= 4 is 29.9 Å². The second-order valence-corrected chi connectivity index (χ2v) is 9.35. The molecule has 13 heteroatoms. The van der Waals surface area contributed by atoms with Gasteiger partial charge in [0.2, 0.25) is 5.91 Å². The van der Waals surface area contributed by atoms with Gasteiger partial charge in [-0.25, -0.2) is 19.2 Å². The molecular formula is C29H36N2O11. The molecule has 0 bridgehead atoms. The highest BCUT2D eigenvalue weighted by atomic mass is 16.6. The van der Waals surface area contributed by atoms with E-state index in [9.17, 15) is 24.0 Å². The molecule has 13 nitrogen and oxygen atoms in total. The summed E-state index contributed by atoms with van der Waals surface area (Å²) in [5.74, 6) is -2.08. The summed E-state index contributed by atoms with van der Waals surface area (Å²) in [6, 6.07) is 11.9. The minimum atomic E-state index is -1.12. The number of carbonyl (C=O) groups excluding carboxylic acids is 4. The summed E-state index contributed by atoms with van der Waals surface area (Å²) in [5, 5.41) is 13.6. The number of amides is 2. The van der Waals surface area contributed by atoms with Crippen LogP contribution in [0.3, 0.4) is 0 Å². The first kappa shape index (κ1) is 33.4. The number of hydrogen-bond acceptors (Lipinski definition) is 10. The Labute approximate surface area is 243 Å². The summed E-state index contributed by atoms with van der Waals surface area (Å²) >= 11 is 0. The summed E-state index contributed by atoms with van der Waals surface area (Å²) in [5.41, 5.74) is 1.23. The van der Waals surface area contributed by atoms with Crippen LogP contribution in [0.15, 0.2) is 48.5 Å². The van der Waals surface area contributed by atoms with Gasteiger partial charge in [-0.3, -0.25) is 4.79 Å². The van der Waals surface area contributed by atoms with E-state index in [0.717, 1.165) is 0 Å². The average Bonchev–Trinajstić information content (AvgIpc) is 2.96. The standard InChI is InChI=1S/C29H36N2O11/c1-4-38-27(35)18-40-22-10-8-20(9-11-22)13-24(28(36)41-15-19(2)3)31-25(32)14-30-29(37)42-16-21-6-5-7-23(12-21)39-17-26(33)34/h5-12,19,24H,4,13-18H2,1-3H3,(H,30,37)(H,31,32)(H,33,34)/t24-/m0/s1. The summed E-state index contributed by atoms with van der Waals surface area (Å²) in [6.45, 7) is 4.51. The van der Waals surface area contributed by atoms with E-state index in [4.69, 9.17) is 28.8 Å². The van der Waals surface area contributed by atoms with Crippen molar-refractivity contribution in [1.29, 1.82) is 0 Å². The Hall–Kier alpha value is -4.81. The Morgan fingerprint density at radius 3 is 2.24 bits per heavy atom. The Kier molecular flexibility index (Phi) is 14.1. The molecule has 2 rings (SSSR count). The fraction of sp³-hybridized carbons (Fsp3) is 0.414. The first-order valence-corrected chi connectivity index (χ1v) is 13.2. The molecule has 0 radical (unpaired) electrons. The summed E-state index contributed by atoms with van der Waals surface area (Å²) in [4.78, 5) is 59.5. The molecule has 2 aromatic carbocycles. The van der Waals surface area contributed by atoms with Gasteiger partial charge in [0.1, 0.15) is 30.7 Å². The van der Waals surface area contributed by atoms with E-state index in [1.165, 1.54) is 6.07 Å². The van der Waals surface area contributed by atoms with Crippen molar-refractivity contribution in [3.8, 4) is 11.5 Å². The molecule has 0 aliphatic rings. The van der Waals surface area contributed by atoms with Crippen LogP contribution in [0.2, 0.25) is 0 Å². The Balaban J connectivity index is 1.89. The van der Waals surface area contributed by atoms with Crippen LogP contribution in [0.4, 0.5) is 4.79 Å². The number of nitrogens with one attached hydrogen (secondary N) is 2. The highest BCUT2D eigenvalue weighted by Gasteiger charge is 2.23. The van der Waals surface area contributed by atoms with Crippen molar-refractivity contribution in [1.82, 2.24) is 10.6 Å². The number of ether oxygens (including phenoxy) is 5. The molecule has 1 atom stereocenters. The van der Waals surface area contributed by atoms with Gasteiger partial charge in [0.25, 0.3) is 0 Å². The lowest BCUT2D eigenvalue weighted by Gasteiger charge is -2.19. The maximum absolute atomic E-state index is 12.7. The zero-order chi connectivity index (χ0) is 30.9. The highest BCUT2D eigenvalue weighted by molar-refractivity contribution is 5.87. The summed E-state index contributed by atoms with van der Waals surface area (Å²) in [7, 11) is 0. The fourth-order valence-corrected chi connectivity index (χ4v) is 3.31. The fourth-order valence-electron chi connectivity index (χ4n) is 3.31. The van der Waals surface area contributed by atoms with Crippen LogP contribution in [0.25, 0.3) is 0 Å². The topological polar surface area (TPSA) is 176 Å². The third kappa shape index (κ3) is 13.5. The minimum Gasteiger partial charge on any atom is -0.482 e. The molecule has 0 saturated heterocycles. The third-order valence-electron chi connectivity index (χ3n) is 5.23. The van der Waals surface area contributed by atoms with Crippen molar-refractivity contribution in [3.05, 3.63) is 59.7 Å². The van der Waals surface area contributed by atoms with E-state index < -0.39 is 49.1 Å². The van der Waals surface area contributed by atoms with Gasteiger partial charge in [0.05, 0.1) is 13.2 Å². The monoisotopic (exact) mass is 588 g/mol. The van der Waals surface area contributed by atoms with E-state index in [0.29, 0.717) is 22.6 Å². The molecule has 2 aromatic rings. The maximum atomic E-state index is 12.7. The predicted octanol–water partition coefficient (Wildman–Crippen LogP) is 2.24. The molecule has 0 saturated carbocycles. The quantitative estimate of drug-likeness (QED) is 0.182. The molecule has 2 amide bonds.